The number of hydrogen-bond acceptors (Lipinski definition) is 4. The highest BCUT2D eigenvalue weighted by Gasteiger charge is 2.17. The molecule has 1 heterocycles. The van der Waals surface area contributed by atoms with Gasteiger partial charge in [-0.3, -0.25) is 0 Å². The Bertz CT molecular complexity index is 365. The molecular weight excluding hydrogens is 216 g/mol. The van der Waals surface area contributed by atoms with E-state index in [2.05, 4.69) is 4.98 Å². The lowest BCUT2D eigenvalue weighted by Crippen LogP contribution is -2.18. The molecule has 0 aliphatic heterocycles. The first-order chi connectivity index (χ1) is 7.19. The summed E-state index contributed by atoms with van der Waals surface area (Å²) in [5.74, 6) is 0.272. The Morgan fingerprint density at radius 1 is 1.53 bits per heavy atom. The van der Waals surface area contributed by atoms with Crippen LogP contribution < -0.4 is 0 Å². The Balaban J connectivity index is 2.82. The van der Waals surface area contributed by atoms with Gasteiger partial charge in [0.2, 0.25) is 0 Å². The first kappa shape index (κ1) is 11.9. The average molecular weight is 227 g/mol. The second-order valence-corrected chi connectivity index (χ2v) is 3.45. The molecule has 0 saturated heterocycles. The maximum absolute atomic E-state index is 9.69. The van der Waals surface area contributed by atoms with Crippen LogP contribution in [-0.4, -0.2) is 27.2 Å². The van der Waals surface area contributed by atoms with E-state index in [0.29, 0.717) is 12.0 Å². The number of aliphatic hydroxyl groups excluding tert-OH is 2. The number of aliphatic hydroxyl groups is 2. The largest absolute Gasteiger partial charge is 0.390 e. The van der Waals surface area contributed by atoms with Crippen molar-refractivity contribution < 1.29 is 10.2 Å². The van der Waals surface area contributed by atoms with E-state index in [-0.39, 0.29) is 11.6 Å². The van der Waals surface area contributed by atoms with Gasteiger partial charge in [-0.05, 0) is 24.1 Å². The second-order valence-electron chi connectivity index (χ2n) is 3.08. The van der Waals surface area contributed by atoms with Crippen LogP contribution in [-0.2, 0) is 0 Å². The fourth-order valence-electron chi connectivity index (χ4n) is 1.18. The van der Waals surface area contributed by atoms with Crippen molar-refractivity contribution in [2.24, 2.45) is 0 Å². The van der Waals surface area contributed by atoms with Crippen LogP contribution in [0.5, 0.6) is 0 Å². The van der Waals surface area contributed by atoms with Crippen molar-refractivity contribution in [1.29, 1.82) is 5.26 Å². The molecule has 0 aliphatic carbocycles. The van der Waals surface area contributed by atoms with Gasteiger partial charge in [0.05, 0.1) is 6.10 Å². The van der Waals surface area contributed by atoms with Gasteiger partial charge in [0.1, 0.15) is 17.9 Å². The molecule has 1 aromatic rings. The molecule has 0 fully saturated rings. The monoisotopic (exact) mass is 226 g/mol. The third kappa shape index (κ3) is 3.17. The summed E-state index contributed by atoms with van der Waals surface area (Å²) in [5.41, 5.74) is 0.684. The fraction of sp³-hybridized carbons (Fsp3) is 0.400. The molecule has 0 aromatic carbocycles. The molecule has 0 spiro atoms. The lowest BCUT2D eigenvalue weighted by Gasteiger charge is -2.16. The van der Waals surface area contributed by atoms with E-state index in [1.54, 1.807) is 6.07 Å². The summed E-state index contributed by atoms with van der Waals surface area (Å²) in [7, 11) is 0. The van der Waals surface area contributed by atoms with Gasteiger partial charge in [0.15, 0.2) is 0 Å². The lowest BCUT2D eigenvalue weighted by atomic mass is 10.0. The highest BCUT2D eigenvalue weighted by Crippen LogP contribution is 2.19. The van der Waals surface area contributed by atoms with Crippen LogP contribution in [0.2, 0.25) is 0 Å². The molecule has 0 bridgehead atoms. The van der Waals surface area contributed by atoms with Gasteiger partial charge in [-0.1, -0.05) is 0 Å². The van der Waals surface area contributed by atoms with Crippen molar-refractivity contribution in [2.45, 2.75) is 18.6 Å². The van der Waals surface area contributed by atoms with Gasteiger partial charge < -0.3 is 10.2 Å². The van der Waals surface area contributed by atoms with Crippen LogP contribution in [0.1, 0.15) is 23.8 Å². The second kappa shape index (κ2) is 5.66. The average Bonchev–Trinajstić information content (AvgIpc) is 2.28. The van der Waals surface area contributed by atoms with Crippen molar-refractivity contribution >= 4 is 11.6 Å². The molecule has 2 N–H and O–H groups in total. The normalized spacial score (nSPS) is 14.3. The standard InChI is InChI=1S/C10H11ClN2O2/c11-3-1-9(14)10(15)7-2-4-13-8(5-7)6-12/h2,4-5,9-10,14-15H,1,3H2. The summed E-state index contributed by atoms with van der Waals surface area (Å²) >= 11 is 5.45. The van der Waals surface area contributed by atoms with Gasteiger partial charge in [-0.25, -0.2) is 4.98 Å². The van der Waals surface area contributed by atoms with Crippen molar-refractivity contribution in [3.05, 3.63) is 29.6 Å². The number of aromatic nitrogens is 1. The van der Waals surface area contributed by atoms with Gasteiger partial charge in [0, 0.05) is 12.1 Å². The summed E-state index contributed by atoms with van der Waals surface area (Å²) in [6.07, 6.45) is -0.229. The number of rotatable bonds is 4. The Morgan fingerprint density at radius 2 is 2.27 bits per heavy atom. The van der Waals surface area contributed by atoms with Crippen molar-refractivity contribution in [1.82, 2.24) is 4.98 Å². The Kier molecular flexibility index (Phi) is 4.50. The molecule has 80 valence electrons. The maximum atomic E-state index is 9.69. The third-order valence-electron chi connectivity index (χ3n) is 2.01. The predicted molar refractivity (Wildman–Crippen MR) is 55.3 cm³/mol. The lowest BCUT2D eigenvalue weighted by molar-refractivity contribution is 0.0169. The number of hydrogen-bond donors (Lipinski definition) is 2. The van der Waals surface area contributed by atoms with E-state index in [4.69, 9.17) is 16.9 Å². The van der Waals surface area contributed by atoms with E-state index in [1.165, 1.54) is 12.3 Å². The zero-order valence-corrected chi connectivity index (χ0v) is 8.72. The molecule has 4 nitrogen and oxygen atoms in total. The van der Waals surface area contributed by atoms with Crippen LogP contribution in [0.15, 0.2) is 18.3 Å². The van der Waals surface area contributed by atoms with Gasteiger partial charge in [0.25, 0.3) is 0 Å². The number of nitriles is 1. The highest BCUT2D eigenvalue weighted by atomic mass is 35.5. The summed E-state index contributed by atoms with van der Waals surface area (Å²) in [6, 6.07) is 4.87. The van der Waals surface area contributed by atoms with E-state index in [0.717, 1.165) is 0 Å². The number of halogens is 1. The van der Waals surface area contributed by atoms with Gasteiger partial charge in [-0.15, -0.1) is 11.6 Å². The van der Waals surface area contributed by atoms with Crippen molar-refractivity contribution in [3.63, 3.8) is 0 Å². The molecule has 0 saturated carbocycles. The molecular formula is C10H11ClN2O2. The molecule has 5 heteroatoms. The van der Waals surface area contributed by atoms with E-state index >= 15 is 0 Å². The molecule has 0 aliphatic rings. The number of nitrogens with zero attached hydrogens (tertiary/aromatic N) is 2. The first-order valence-corrected chi connectivity index (χ1v) is 5.00. The molecule has 1 aromatic heterocycles. The Labute approximate surface area is 92.8 Å². The minimum absolute atomic E-state index is 0.213. The van der Waals surface area contributed by atoms with E-state index < -0.39 is 12.2 Å². The molecule has 2 atom stereocenters. The predicted octanol–water partition coefficient (Wildman–Crippen LogP) is 0.976. The van der Waals surface area contributed by atoms with Crippen LogP contribution >= 0.6 is 11.6 Å². The Hall–Kier alpha value is -1.15. The van der Waals surface area contributed by atoms with Crippen LogP contribution in [0.4, 0.5) is 0 Å². The van der Waals surface area contributed by atoms with E-state index in [1.807, 2.05) is 6.07 Å². The molecule has 0 amide bonds. The summed E-state index contributed by atoms with van der Waals surface area (Å²) in [6.45, 7) is 0. The summed E-state index contributed by atoms with van der Waals surface area (Å²) in [5, 5.41) is 27.8. The molecule has 0 radical (unpaired) electrons. The first-order valence-electron chi connectivity index (χ1n) is 4.47. The third-order valence-corrected chi connectivity index (χ3v) is 2.23. The molecule has 15 heavy (non-hydrogen) atoms. The fourth-order valence-corrected chi connectivity index (χ4v) is 1.41. The Morgan fingerprint density at radius 3 is 2.87 bits per heavy atom. The van der Waals surface area contributed by atoms with Crippen molar-refractivity contribution in [3.8, 4) is 6.07 Å². The topological polar surface area (TPSA) is 77.1 Å². The minimum atomic E-state index is -1.03. The highest BCUT2D eigenvalue weighted by molar-refractivity contribution is 6.17. The van der Waals surface area contributed by atoms with Gasteiger partial charge >= 0.3 is 0 Å². The zero-order valence-electron chi connectivity index (χ0n) is 7.97. The van der Waals surface area contributed by atoms with Gasteiger partial charge in [-0.2, -0.15) is 5.26 Å². The number of alkyl halides is 1. The van der Waals surface area contributed by atoms with Crippen LogP contribution in [0.3, 0.4) is 0 Å². The smallest absolute Gasteiger partial charge is 0.140 e. The maximum Gasteiger partial charge on any atom is 0.140 e. The zero-order chi connectivity index (χ0) is 11.3. The summed E-state index contributed by atoms with van der Waals surface area (Å²) < 4.78 is 0. The minimum Gasteiger partial charge on any atom is -0.390 e. The SMILES string of the molecule is N#Cc1cc(C(O)C(O)CCCl)ccn1. The van der Waals surface area contributed by atoms with Crippen molar-refractivity contribution in [2.75, 3.05) is 5.88 Å². The quantitative estimate of drug-likeness (QED) is 0.751. The molecule has 2 unspecified atom stereocenters. The van der Waals surface area contributed by atoms with E-state index in [9.17, 15) is 10.2 Å². The number of pyridine rings is 1. The van der Waals surface area contributed by atoms with Crippen LogP contribution in [0.25, 0.3) is 0 Å². The molecule has 1 rings (SSSR count). The van der Waals surface area contributed by atoms with Crippen LogP contribution in [0, 0.1) is 11.3 Å². The summed E-state index contributed by atoms with van der Waals surface area (Å²) in [4.78, 5) is 3.77.